The molecule has 6 heteroatoms. The molecule has 1 fully saturated rings. The molecule has 2 amide bonds. The molecule has 178 valence electrons. The lowest BCUT2D eigenvalue weighted by Crippen LogP contribution is -2.51. The number of aryl methyl sites for hydroxylation is 2. The van der Waals surface area contributed by atoms with Crippen molar-refractivity contribution in [1.82, 2.24) is 15.2 Å². The van der Waals surface area contributed by atoms with Crippen LogP contribution in [0.1, 0.15) is 47.8 Å². The summed E-state index contributed by atoms with van der Waals surface area (Å²) in [5.41, 5.74) is 5.19. The quantitative estimate of drug-likeness (QED) is 0.636. The smallest absolute Gasteiger partial charge is 0.251 e. The van der Waals surface area contributed by atoms with Gasteiger partial charge in [-0.05, 0) is 54.2 Å². The van der Waals surface area contributed by atoms with Crippen molar-refractivity contribution in [1.29, 1.82) is 0 Å². The molecular weight excluding hydrogens is 424 g/mol. The van der Waals surface area contributed by atoms with E-state index < -0.39 is 0 Å². The summed E-state index contributed by atoms with van der Waals surface area (Å²) in [7, 11) is 0. The fourth-order valence-corrected chi connectivity index (χ4v) is 4.38. The highest BCUT2D eigenvalue weighted by Crippen LogP contribution is 2.25. The molecule has 1 aliphatic rings. The number of hydrogen-bond donors (Lipinski definition) is 1. The molecule has 4 rings (SSSR count). The molecule has 0 radical (unpaired) electrons. The SMILES string of the molecule is Cc1cc(N2CCN(C(=O)CNC(=O)c3ccc(C(C)(C)C)cc3)CC2)nc2c(C)cccc12. The summed E-state index contributed by atoms with van der Waals surface area (Å²) in [5.74, 6) is 0.676. The summed E-state index contributed by atoms with van der Waals surface area (Å²) in [6.45, 7) is 13.3. The number of anilines is 1. The number of amides is 2. The van der Waals surface area contributed by atoms with Gasteiger partial charge in [0.1, 0.15) is 5.82 Å². The summed E-state index contributed by atoms with van der Waals surface area (Å²) >= 11 is 0. The number of para-hydroxylation sites is 1. The molecule has 1 N–H and O–H groups in total. The van der Waals surface area contributed by atoms with Crippen molar-refractivity contribution < 1.29 is 9.59 Å². The van der Waals surface area contributed by atoms with Gasteiger partial charge in [0.05, 0.1) is 12.1 Å². The summed E-state index contributed by atoms with van der Waals surface area (Å²) < 4.78 is 0. The Morgan fingerprint density at radius 3 is 2.26 bits per heavy atom. The van der Waals surface area contributed by atoms with Gasteiger partial charge in [0.2, 0.25) is 5.91 Å². The molecular formula is C28H34N4O2. The Morgan fingerprint density at radius 2 is 1.62 bits per heavy atom. The first-order chi connectivity index (χ1) is 16.1. The van der Waals surface area contributed by atoms with E-state index in [0.717, 1.165) is 24.4 Å². The maximum absolute atomic E-state index is 12.7. The monoisotopic (exact) mass is 458 g/mol. The van der Waals surface area contributed by atoms with Gasteiger partial charge in [0.25, 0.3) is 5.91 Å². The minimum Gasteiger partial charge on any atom is -0.353 e. The third-order valence-corrected chi connectivity index (χ3v) is 6.60. The van der Waals surface area contributed by atoms with Crippen molar-refractivity contribution in [2.45, 2.75) is 40.0 Å². The van der Waals surface area contributed by atoms with Crippen LogP contribution in [-0.2, 0) is 10.2 Å². The molecule has 0 aliphatic carbocycles. The van der Waals surface area contributed by atoms with Crippen LogP contribution in [-0.4, -0.2) is 54.4 Å². The van der Waals surface area contributed by atoms with E-state index in [9.17, 15) is 9.59 Å². The van der Waals surface area contributed by atoms with E-state index in [1.54, 1.807) is 0 Å². The third kappa shape index (κ3) is 5.06. The molecule has 1 aliphatic heterocycles. The second kappa shape index (κ2) is 9.45. The Morgan fingerprint density at radius 1 is 0.941 bits per heavy atom. The molecule has 0 saturated carbocycles. The van der Waals surface area contributed by atoms with Crippen molar-refractivity contribution in [3.63, 3.8) is 0 Å². The second-order valence-electron chi connectivity index (χ2n) is 10.1. The van der Waals surface area contributed by atoms with Crippen LogP contribution in [0.2, 0.25) is 0 Å². The van der Waals surface area contributed by atoms with E-state index in [-0.39, 0.29) is 23.8 Å². The van der Waals surface area contributed by atoms with Crippen molar-refractivity contribution in [2.75, 3.05) is 37.6 Å². The van der Waals surface area contributed by atoms with Gasteiger partial charge >= 0.3 is 0 Å². The predicted octanol–water partition coefficient (Wildman–Crippen LogP) is 4.23. The molecule has 6 nitrogen and oxygen atoms in total. The van der Waals surface area contributed by atoms with Crippen molar-refractivity contribution in [3.05, 3.63) is 70.8 Å². The molecule has 0 unspecified atom stereocenters. The molecule has 2 aromatic carbocycles. The average Bonchev–Trinajstić information content (AvgIpc) is 2.82. The number of benzene rings is 2. The van der Waals surface area contributed by atoms with E-state index in [4.69, 9.17) is 4.98 Å². The van der Waals surface area contributed by atoms with Crippen molar-refractivity contribution >= 4 is 28.5 Å². The number of nitrogens with one attached hydrogen (secondary N) is 1. The zero-order valence-corrected chi connectivity index (χ0v) is 20.8. The fraction of sp³-hybridized carbons (Fsp3) is 0.393. The zero-order chi connectivity index (χ0) is 24.5. The predicted molar refractivity (Wildman–Crippen MR) is 137 cm³/mol. The Kier molecular flexibility index (Phi) is 6.60. The lowest BCUT2D eigenvalue weighted by molar-refractivity contribution is -0.130. The normalized spacial score (nSPS) is 14.4. The van der Waals surface area contributed by atoms with Gasteiger partial charge in [0.15, 0.2) is 0 Å². The largest absolute Gasteiger partial charge is 0.353 e. The summed E-state index contributed by atoms with van der Waals surface area (Å²) in [4.78, 5) is 34.2. The zero-order valence-electron chi connectivity index (χ0n) is 20.8. The number of pyridine rings is 1. The number of fused-ring (bicyclic) bond motifs is 1. The molecule has 3 aromatic rings. The van der Waals surface area contributed by atoms with E-state index >= 15 is 0 Å². The Bertz CT molecular complexity index is 1200. The lowest BCUT2D eigenvalue weighted by atomic mass is 9.87. The Balaban J connectivity index is 1.32. The van der Waals surface area contributed by atoms with Crippen LogP contribution < -0.4 is 10.2 Å². The average molecular weight is 459 g/mol. The van der Waals surface area contributed by atoms with Gasteiger partial charge in [-0.2, -0.15) is 0 Å². The minimum absolute atomic E-state index is 0.00633. The highest BCUT2D eigenvalue weighted by atomic mass is 16.2. The Hall–Kier alpha value is -3.41. The number of carbonyl (C=O) groups is 2. The number of aromatic nitrogens is 1. The first-order valence-corrected chi connectivity index (χ1v) is 11.9. The molecule has 0 atom stereocenters. The summed E-state index contributed by atoms with van der Waals surface area (Å²) in [6, 6.07) is 16.0. The third-order valence-electron chi connectivity index (χ3n) is 6.60. The van der Waals surface area contributed by atoms with Crippen LogP contribution >= 0.6 is 0 Å². The van der Waals surface area contributed by atoms with Gasteiger partial charge in [0, 0.05) is 37.1 Å². The summed E-state index contributed by atoms with van der Waals surface area (Å²) in [5, 5.41) is 3.96. The molecule has 34 heavy (non-hydrogen) atoms. The van der Waals surface area contributed by atoms with E-state index in [2.05, 4.69) is 69.1 Å². The van der Waals surface area contributed by atoms with Crippen LogP contribution in [0.5, 0.6) is 0 Å². The topological polar surface area (TPSA) is 65.5 Å². The molecule has 1 saturated heterocycles. The second-order valence-corrected chi connectivity index (χ2v) is 10.1. The highest BCUT2D eigenvalue weighted by molar-refractivity contribution is 5.96. The van der Waals surface area contributed by atoms with Crippen molar-refractivity contribution in [2.24, 2.45) is 0 Å². The maximum Gasteiger partial charge on any atom is 0.251 e. The first kappa shape index (κ1) is 23.7. The van der Waals surface area contributed by atoms with Gasteiger partial charge < -0.3 is 15.1 Å². The number of nitrogens with zero attached hydrogens (tertiary/aromatic N) is 3. The molecule has 0 bridgehead atoms. The minimum atomic E-state index is -0.223. The standard InChI is InChI=1S/C28H34N4O2/c1-19-7-6-8-23-20(2)17-24(30-26(19)23)31-13-15-32(16-14-31)25(33)18-29-27(34)21-9-11-22(12-10-21)28(3,4)5/h6-12,17H,13-16,18H2,1-5H3,(H,29,34). The molecule has 2 heterocycles. The van der Waals surface area contributed by atoms with Crippen LogP contribution in [0.15, 0.2) is 48.5 Å². The number of piperazine rings is 1. The van der Waals surface area contributed by atoms with Gasteiger partial charge in [-0.25, -0.2) is 4.98 Å². The number of carbonyl (C=O) groups excluding carboxylic acids is 2. The fourth-order valence-electron chi connectivity index (χ4n) is 4.38. The maximum atomic E-state index is 12.7. The lowest BCUT2D eigenvalue weighted by Gasteiger charge is -2.35. The van der Waals surface area contributed by atoms with Crippen LogP contribution in [0, 0.1) is 13.8 Å². The van der Waals surface area contributed by atoms with E-state index in [0.29, 0.717) is 18.7 Å². The van der Waals surface area contributed by atoms with Crippen molar-refractivity contribution in [3.8, 4) is 0 Å². The number of hydrogen-bond acceptors (Lipinski definition) is 4. The van der Waals surface area contributed by atoms with Crippen LogP contribution in [0.25, 0.3) is 10.9 Å². The van der Waals surface area contributed by atoms with E-state index in [1.165, 1.54) is 22.1 Å². The number of rotatable bonds is 4. The van der Waals surface area contributed by atoms with Gasteiger partial charge in [-0.15, -0.1) is 0 Å². The van der Waals surface area contributed by atoms with Crippen LogP contribution in [0.3, 0.4) is 0 Å². The first-order valence-electron chi connectivity index (χ1n) is 11.9. The van der Waals surface area contributed by atoms with E-state index in [1.807, 2.05) is 29.2 Å². The van der Waals surface area contributed by atoms with Gasteiger partial charge in [-0.3, -0.25) is 9.59 Å². The van der Waals surface area contributed by atoms with Crippen LogP contribution in [0.4, 0.5) is 5.82 Å². The molecule has 1 aromatic heterocycles. The molecule has 0 spiro atoms. The highest BCUT2D eigenvalue weighted by Gasteiger charge is 2.23. The van der Waals surface area contributed by atoms with Gasteiger partial charge in [-0.1, -0.05) is 51.1 Å². The summed E-state index contributed by atoms with van der Waals surface area (Å²) in [6.07, 6.45) is 0. The Labute approximate surface area is 202 Å².